The Morgan fingerprint density at radius 1 is 1.14 bits per heavy atom. The molecule has 0 aliphatic heterocycles. The largest absolute Gasteiger partial charge is 0.456 e. The number of nitrogens with two attached hydrogens (primary N) is 2. The van der Waals surface area contributed by atoms with Crippen molar-refractivity contribution in [3.63, 3.8) is 0 Å². The molecule has 0 spiro atoms. The fraction of sp³-hybridized carbons (Fsp3) is 0.636. The van der Waals surface area contributed by atoms with Crippen molar-refractivity contribution in [2.75, 3.05) is 0 Å². The molecule has 0 aromatic heterocycles. The van der Waals surface area contributed by atoms with Gasteiger partial charge in [-0.05, 0) is 84.9 Å². The van der Waals surface area contributed by atoms with Crippen molar-refractivity contribution < 1.29 is 9.53 Å². The van der Waals surface area contributed by atoms with Crippen LogP contribution in [-0.4, -0.2) is 28.7 Å². The first-order chi connectivity index (χ1) is 13.7. The molecule has 5 nitrogen and oxygen atoms in total. The zero-order chi connectivity index (χ0) is 21.1. The number of alkyl halides is 1. The third kappa shape index (κ3) is 6.36. The molecule has 29 heavy (non-hydrogen) atoms. The molecule has 2 radical (unpaired) electrons. The summed E-state index contributed by atoms with van der Waals surface area (Å²) in [5.74, 6) is 0.969. The van der Waals surface area contributed by atoms with Gasteiger partial charge in [-0.3, -0.25) is 0 Å². The number of guanidine groups is 1. The summed E-state index contributed by atoms with van der Waals surface area (Å²) in [6, 6.07) is 6.85. The van der Waals surface area contributed by atoms with E-state index < -0.39 is 5.60 Å². The minimum Gasteiger partial charge on any atom is -0.456 e. The Morgan fingerprint density at radius 3 is 2.45 bits per heavy atom. The molecule has 0 amide bonds. The molecule has 2 aliphatic carbocycles. The van der Waals surface area contributed by atoms with Crippen LogP contribution in [0.2, 0.25) is 0 Å². The second-order valence-electron chi connectivity index (χ2n) is 8.90. The Morgan fingerprint density at radius 2 is 1.79 bits per heavy atom. The summed E-state index contributed by atoms with van der Waals surface area (Å²) in [5, 5.41) is 0. The van der Waals surface area contributed by atoms with E-state index in [1.807, 2.05) is 0 Å². The molecule has 2 saturated carbocycles. The minimum absolute atomic E-state index is 0.00700. The number of esters is 1. The summed E-state index contributed by atoms with van der Waals surface area (Å²) in [6.07, 6.45) is 9.77. The number of fused-ring (bicyclic) bond motifs is 1. The molecule has 0 saturated heterocycles. The normalized spacial score (nSPS) is 32.8. The summed E-state index contributed by atoms with van der Waals surface area (Å²) in [4.78, 5) is 16.8. The smallest absolute Gasteiger partial charge is 0.338 e. The number of benzene rings is 1. The zero-order valence-electron chi connectivity index (χ0n) is 17.2. The predicted molar refractivity (Wildman–Crippen MR) is 127 cm³/mol. The number of carbonyl (C=O) groups excluding carboxylic acids is 1. The molecule has 1 aromatic carbocycles. The Kier molecular flexibility index (Phi) is 7.17. The van der Waals surface area contributed by atoms with Gasteiger partial charge >= 0.3 is 5.97 Å². The first-order valence-corrected chi connectivity index (χ1v) is 11.7. The van der Waals surface area contributed by atoms with Crippen molar-refractivity contribution in [1.29, 1.82) is 0 Å². The standard InChI is InChI=1S/C22H31BIN3O2/c1-21(29-19(28)15-6-8-17(9-7-15)27-20(25)26)11-4-2-3-5-12-22(23,24)18-14-16(18)10-13-21/h6-9,16,18H,2-5,10-14H2,1H3,(H4,25,26,27). The van der Waals surface area contributed by atoms with Crippen LogP contribution in [0.25, 0.3) is 0 Å². The number of hydrogen-bond acceptors (Lipinski definition) is 3. The van der Waals surface area contributed by atoms with Crippen molar-refractivity contribution in [3.05, 3.63) is 29.8 Å². The first kappa shape index (κ1) is 22.4. The van der Waals surface area contributed by atoms with Gasteiger partial charge in [0.15, 0.2) is 5.96 Å². The van der Waals surface area contributed by atoms with E-state index in [1.165, 1.54) is 19.3 Å². The van der Waals surface area contributed by atoms with Gasteiger partial charge in [0.2, 0.25) is 0 Å². The van der Waals surface area contributed by atoms with Gasteiger partial charge in [0, 0.05) is 0 Å². The van der Waals surface area contributed by atoms with Crippen LogP contribution in [-0.2, 0) is 4.74 Å². The highest BCUT2D eigenvalue weighted by Crippen LogP contribution is 2.54. The number of carbonyl (C=O) groups is 1. The van der Waals surface area contributed by atoms with E-state index in [-0.39, 0.29) is 15.2 Å². The van der Waals surface area contributed by atoms with Crippen LogP contribution >= 0.6 is 22.6 Å². The van der Waals surface area contributed by atoms with Crippen LogP contribution in [0, 0.1) is 11.8 Å². The molecule has 3 rings (SSSR count). The monoisotopic (exact) mass is 507 g/mol. The number of rotatable bonds is 3. The van der Waals surface area contributed by atoms with Crippen LogP contribution in [0.4, 0.5) is 5.69 Å². The van der Waals surface area contributed by atoms with E-state index in [2.05, 4.69) is 34.5 Å². The van der Waals surface area contributed by atoms with E-state index in [1.54, 1.807) is 24.3 Å². The molecular weight excluding hydrogens is 476 g/mol. The Labute approximate surface area is 189 Å². The second-order valence-corrected chi connectivity index (χ2v) is 10.9. The summed E-state index contributed by atoms with van der Waals surface area (Å²) in [6.45, 7) is 2.08. The SMILES string of the molecule is [B]C1(I)CCCCCCC(C)(OC(=O)c2ccc(N=C(N)N)cc2)CCC2CC21. The number of aliphatic imine (C=N–C) groups is 1. The van der Waals surface area contributed by atoms with Crippen molar-refractivity contribution in [3.8, 4) is 0 Å². The molecule has 4 unspecified atom stereocenters. The van der Waals surface area contributed by atoms with Gasteiger partial charge in [-0.25, -0.2) is 9.79 Å². The Bertz CT molecular complexity index is 749. The van der Waals surface area contributed by atoms with E-state index in [0.717, 1.165) is 38.5 Å². The lowest BCUT2D eigenvalue weighted by Crippen LogP contribution is -2.33. The number of halogens is 1. The lowest BCUT2D eigenvalue weighted by Gasteiger charge is -2.31. The fourth-order valence-corrected chi connectivity index (χ4v) is 5.55. The van der Waals surface area contributed by atoms with Crippen molar-refractivity contribution >= 4 is 48.1 Å². The maximum absolute atomic E-state index is 12.8. The maximum atomic E-state index is 12.8. The zero-order valence-corrected chi connectivity index (χ0v) is 19.4. The third-order valence-electron chi connectivity index (χ3n) is 6.30. The van der Waals surface area contributed by atoms with E-state index >= 15 is 0 Å². The summed E-state index contributed by atoms with van der Waals surface area (Å²) in [7, 11) is 6.59. The summed E-state index contributed by atoms with van der Waals surface area (Å²) in [5.41, 5.74) is 11.5. The highest BCUT2D eigenvalue weighted by Gasteiger charge is 2.48. The highest BCUT2D eigenvalue weighted by atomic mass is 127. The molecule has 156 valence electrons. The predicted octanol–water partition coefficient (Wildman–Crippen LogP) is 4.58. The number of hydrogen-bond donors (Lipinski definition) is 2. The third-order valence-corrected chi connectivity index (χ3v) is 7.64. The van der Waals surface area contributed by atoms with Gasteiger partial charge in [-0.1, -0.05) is 41.9 Å². The quantitative estimate of drug-likeness (QED) is 0.157. The van der Waals surface area contributed by atoms with E-state index in [4.69, 9.17) is 24.1 Å². The van der Waals surface area contributed by atoms with Crippen LogP contribution in [0.5, 0.6) is 0 Å². The number of ether oxygens (including phenoxy) is 1. The summed E-state index contributed by atoms with van der Waals surface area (Å²) >= 11 is 2.47. The van der Waals surface area contributed by atoms with Gasteiger partial charge in [0.05, 0.1) is 19.1 Å². The lowest BCUT2D eigenvalue weighted by atomic mass is 9.77. The van der Waals surface area contributed by atoms with Gasteiger partial charge in [0.25, 0.3) is 0 Å². The average molecular weight is 507 g/mol. The van der Waals surface area contributed by atoms with Crippen LogP contribution < -0.4 is 11.5 Å². The Balaban J connectivity index is 1.65. The molecule has 0 heterocycles. The fourth-order valence-electron chi connectivity index (χ4n) is 4.41. The van der Waals surface area contributed by atoms with Gasteiger partial charge in [0.1, 0.15) is 5.60 Å². The molecule has 4 atom stereocenters. The van der Waals surface area contributed by atoms with E-state index in [0.29, 0.717) is 23.1 Å². The molecular formula is C22H31BIN3O2. The van der Waals surface area contributed by atoms with Crippen molar-refractivity contribution in [2.24, 2.45) is 28.3 Å². The maximum Gasteiger partial charge on any atom is 0.338 e. The van der Waals surface area contributed by atoms with Crippen LogP contribution in [0.3, 0.4) is 0 Å². The van der Waals surface area contributed by atoms with Gasteiger partial charge in [-0.15, -0.1) is 0 Å². The summed E-state index contributed by atoms with van der Waals surface area (Å²) < 4.78 is 5.97. The molecule has 2 fully saturated rings. The molecule has 4 N–H and O–H groups in total. The van der Waals surface area contributed by atoms with Crippen molar-refractivity contribution in [2.45, 2.75) is 73.6 Å². The lowest BCUT2D eigenvalue weighted by molar-refractivity contribution is -0.0206. The molecule has 1 aromatic rings. The molecule has 7 heteroatoms. The highest BCUT2D eigenvalue weighted by molar-refractivity contribution is 14.1. The average Bonchev–Trinajstić information content (AvgIpc) is 3.43. The number of nitrogens with zero attached hydrogens (tertiary/aromatic N) is 1. The minimum atomic E-state index is -0.440. The van der Waals surface area contributed by atoms with Crippen LogP contribution in [0.15, 0.2) is 29.3 Å². The van der Waals surface area contributed by atoms with Crippen LogP contribution in [0.1, 0.15) is 75.1 Å². The van der Waals surface area contributed by atoms with Gasteiger partial charge in [-0.2, -0.15) is 0 Å². The van der Waals surface area contributed by atoms with E-state index in [9.17, 15) is 4.79 Å². The first-order valence-electron chi connectivity index (χ1n) is 10.6. The molecule has 0 bridgehead atoms. The Hall–Kier alpha value is -1.25. The second kappa shape index (κ2) is 9.27. The van der Waals surface area contributed by atoms with Crippen molar-refractivity contribution in [1.82, 2.24) is 0 Å². The van der Waals surface area contributed by atoms with Gasteiger partial charge < -0.3 is 16.2 Å². The topological polar surface area (TPSA) is 90.7 Å². The molecule has 2 aliphatic rings.